The van der Waals surface area contributed by atoms with Crippen LogP contribution in [0.15, 0.2) is 94.8 Å². The molecular formula is C29H33N5O2S2. The standard InChI is InChI=1S/C20H23N3O2S2.C9H10N2/c1-22(2)12-6-4-5-7-13-26-15-18-19(24)23(20(21)27-18)14-16-8-10-17(25-3)11-9-16;1-2-11-9-5-3-8(7-10)4-6-9/h4-13,15,21H,14H2,1-3H3;3-6,11H,2H2,1H3/b5-4-,12-6+,13-7+,18-15-,21-20?;. The molecule has 1 fully saturated rings. The number of anilines is 1. The zero-order chi connectivity index (χ0) is 27.8. The van der Waals surface area contributed by atoms with E-state index < -0.39 is 0 Å². The Morgan fingerprint density at radius 1 is 1.11 bits per heavy atom. The van der Waals surface area contributed by atoms with Crippen molar-refractivity contribution in [3.05, 3.63) is 106 Å². The Kier molecular flexibility index (Phi) is 13.4. The van der Waals surface area contributed by atoms with Crippen LogP contribution in [0.2, 0.25) is 0 Å². The van der Waals surface area contributed by atoms with Crippen LogP contribution in [0.25, 0.3) is 0 Å². The number of nitrogens with one attached hydrogen (secondary N) is 2. The third kappa shape index (κ3) is 10.6. The van der Waals surface area contributed by atoms with Gasteiger partial charge in [0.05, 0.1) is 30.2 Å². The van der Waals surface area contributed by atoms with Gasteiger partial charge in [-0.25, -0.2) is 0 Å². The summed E-state index contributed by atoms with van der Waals surface area (Å²) in [7, 11) is 5.55. The minimum absolute atomic E-state index is 0.133. The maximum absolute atomic E-state index is 12.5. The molecule has 198 valence electrons. The predicted molar refractivity (Wildman–Crippen MR) is 161 cm³/mol. The van der Waals surface area contributed by atoms with Gasteiger partial charge >= 0.3 is 0 Å². The zero-order valence-corrected chi connectivity index (χ0v) is 23.7. The van der Waals surface area contributed by atoms with Gasteiger partial charge in [-0.2, -0.15) is 5.26 Å². The number of nitriles is 1. The number of allylic oxidation sites excluding steroid dienone is 4. The molecule has 2 aromatic rings. The summed E-state index contributed by atoms with van der Waals surface area (Å²) in [6.45, 7) is 3.33. The number of methoxy groups -OCH3 is 1. The second kappa shape index (κ2) is 16.8. The van der Waals surface area contributed by atoms with Crippen LogP contribution in [0, 0.1) is 16.7 Å². The first kappa shape index (κ1) is 30.4. The highest BCUT2D eigenvalue weighted by atomic mass is 32.2. The molecule has 0 saturated carbocycles. The Morgan fingerprint density at radius 2 is 1.79 bits per heavy atom. The second-order valence-electron chi connectivity index (χ2n) is 8.00. The monoisotopic (exact) mass is 547 g/mol. The molecule has 1 amide bonds. The Labute approximate surface area is 234 Å². The summed E-state index contributed by atoms with van der Waals surface area (Å²) < 4.78 is 5.14. The zero-order valence-electron chi connectivity index (χ0n) is 22.0. The number of rotatable bonds is 10. The molecule has 7 nitrogen and oxygen atoms in total. The van der Waals surface area contributed by atoms with Crippen molar-refractivity contribution in [2.75, 3.05) is 33.1 Å². The molecule has 0 aliphatic carbocycles. The highest BCUT2D eigenvalue weighted by Crippen LogP contribution is 2.33. The molecule has 1 aliphatic rings. The highest BCUT2D eigenvalue weighted by molar-refractivity contribution is 8.19. The molecule has 0 radical (unpaired) electrons. The van der Waals surface area contributed by atoms with Crippen molar-refractivity contribution in [3.8, 4) is 11.8 Å². The third-order valence-electron chi connectivity index (χ3n) is 4.85. The van der Waals surface area contributed by atoms with Crippen LogP contribution in [0.3, 0.4) is 0 Å². The number of benzene rings is 2. The molecule has 1 saturated heterocycles. The van der Waals surface area contributed by atoms with Gasteiger partial charge in [-0.1, -0.05) is 30.4 Å². The van der Waals surface area contributed by atoms with Crippen LogP contribution >= 0.6 is 23.5 Å². The van der Waals surface area contributed by atoms with Gasteiger partial charge < -0.3 is 15.0 Å². The Hall–Kier alpha value is -3.87. The molecule has 38 heavy (non-hydrogen) atoms. The van der Waals surface area contributed by atoms with Gasteiger partial charge in [0.2, 0.25) is 0 Å². The lowest BCUT2D eigenvalue weighted by molar-refractivity contribution is -0.122. The maximum Gasteiger partial charge on any atom is 0.267 e. The Morgan fingerprint density at radius 3 is 2.39 bits per heavy atom. The number of carbonyl (C=O) groups excluding carboxylic acids is 1. The molecule has 9 heteroatoms. The summed E-state index contributed by atoms with van der Waals surface area (Å²) in [4.78, 5) is 16.5. The summed E-state index contributed by atoms with van der Waals surface area (Å²) in [5, 5.41) is 23.6. The van der Waals surface area contributed by atoms with Crippen LogP contribution in [-0.4, -0.2) is 48.6 Å². The van der Waals surface area contributed by atoms with Gasteiger partial charge in [0.15, 0.2) is 5.17 Å². The molecule has 2 aromatic carbocycles. The molecule has 0 bridgehead atoms. The molecule has 3 rings (SSSR count). The van der Waals surface area contributed by atoms with Crippen molar-refractivity contribution in [3.63, 3.8) is 0 Å². The first-order chi connectivity index (χ1) is 18.4. The fourth-order valence-corrected chi connectivity index (χ4v) is 4.48. The van der Waals surface area contributed by atoms with E-state index in [2.05, 4.69) is 11.4 Å². The molecule has 1 heterocycles. The highest BCUT2D eigenvalue weighted by Gasteiger charge is 2.32. The summed E-state index contributed by atoms with van der Waals surface area (Å²) in [6, 6.07) is 17.0. The Balaban J connectivity index is 0.000000384. The van der Waals surface area contributed by atoms with E-state index in [0.29, 0.717) is 17.0 Å². The van der Waals surface area contributed by atoms with Gasteiger partial charge in [0, 0.05) is 26.3 Å². The van der Waals surface area contributed by atoms with E-state index >= 15 is 0 Å². The van der Waals surface area contributed by atoms with E-state index in [0.717, 1.165) is 23.5 Å². The summed E-state index contributed by atoms with van der Waals surface area (Å²) >= 11 is 2.61. The number of hydrogen-bond donors (Lipinski definition) is 2. The van der Waals surface area contributed by atoms with Crippen LogP contribution in [-0.2, 0) is 11.3 Å². The molecule has 0 spiro atoms. The summed E-state index contributed by atoms with van der Waals surface area (Å²) in [6.07, 6.45) is 9.67. The van der Waals surface area contributed by atoms with Crippen LogP contribution in [0.4, 0.5) is 5.69 Å². The predicted octanol–water partition coefficient (Wildman–Crippen LogP) is 6.42. The number of nitrogens with zero attached hydrogens (tertiary/aromatic N) is 3. The van der Waals surface area contributed by atoms with Gasteiger partial charge in [-0.3, -0.25) is 15.1 Å². The number of hydrogen-bond acceptors (Lipinski definition) is 8. The van der Waals surface area contributed by atoms with E-state index in [1.54, 1.807) is 24.7 Å². The van der Waals surface area contributed by atoms with Gasteiger partial charge in [-0.15, -0.1) is 11.8 Å². The Bertz CT molecular complexity index is 1210. The second-order valence-corrected chi connectivity index (χ2v) is 9.81. The topological polar surface area (TPSA) is 92.4 Å². The molecule has 0 aromatic heterocycles. The number of amides is 1. The van der Waals surface area contributed by atoms with E-state index in [9.17, 15) is 4.79 Å². The minimum Gasteiger partial charge on any atom is -0.497 e. The lowest BCUT2D eigenvalue weighted by Crippen LogP contribution is -2.27. The summed E-state index contributed by atoms with van der Waals surface area (Å²) in [5.41, 5.74) is 2.72. The number of amidine groups is 1. The fourth-order valence-electron chi connectivity index (χ4n) is 2.97. The first-order valence-corrected chi connectivity index (χ1v) is 13.6. The first-order valence-electron chi connectivity index (χ1n) is 11.8. The lowest BCUT2D eigenvalue weighted by atomic mass is 10.2. The molecule has 2 N–H and O–H groups in total. The number of ether oxygens (including phenoxy) is 1. The van der Waals surface area contributed by atoms with Crippen molar-refractivity contribution in [1.82, 2.24) is 9.80 Å². The van der Waals surface area contributed by atoms with E-state index in [1.807, 2.05) is 98.2 Å². The van der Waals surface area contributed by atoms with Crippen LogP contribution < -0.4 is 10.1 Å². The normalized spacial score (nSPS) is 14.3. The van der Waals surface area contributed by atoms with Crippen LogP contribution in [0.5, 0.6) is 5.75 Å². The fraction of sp³-hybridized carbons (Fsp3) is 0.207. The lowest BCUT2D eigenvalue weighted by Gasteiger charge is -2.14. The average Bonchev–Trinajstić information content (AvgIpc) is 3.19. The summed E-state index contributed by atoms with van der Waals surface area (Å²) in [5.74, 6) is 0.636. The van der Waals surface area contributed by atoms with Crippen LogP contribution in [0.1, 0.15) is 18.1 Å². The van der Waals surface area contributed by atoms with Gasteiger partial charge in [-0.05, 0) is 83.7 Å². The van der Waals surface area contributed by atoms with E-state index in [4.69, 9.17) is 15.4 Å². The minimum atomic E-state index is -0.133. The van der Waals surface area contributed by atoms with Gasteiger partial charge in [0.25, 0.3) is 5.91 Å². The molecule has 0 unspecified atom stereocenters. The van der Waals surface area contributed by atoms with E-state index in [-0.39, 0.29) is 11.1 Å². The molecular weight excluding hydrogens is 514 g/mol. The smallest absolute Gasteiger partial charge is 0.267 e. The third-order valence-corrected chi connectivity index (χ3v) is 6.61. The number of carbonyl (C=O) groups is 1. The van der Waals surface area contributed by atoms with Crippen molar-refractivity contribution < 1.29 is 9.53 Å². The largest absolute Gasteiger partial charge is 0.497 e. The SMILES string of the molecule is CCNc1ccc(C#N)cc1.COc1ccc(CN2C(=N)S/C(=C\S/C=C/C=C\C=C\N(C)C)C2=O)cc1. The quantitative estimate of drug-likeness (QED) is 0.262. The van der Waals surface area contributed by atoms with Crippen molar-refractivity contribution in [1.29, 1.82) is 10.7 Å². The molecule has 1 aliphatic heterocycles. The van der Waals surface area contributed by atoms with Crippen molar-refractivity contribution >= 4 is 40.3 Å². The number of thioether (sulfide) groups is 2. The van der Waals surface area contributed by atoms with Crippen molar-refractivity contribution in [2.24, 2.45) is 0 Å². The average molecular weight is 548 g/mol. The van der Waals surface area contributed by atoms with E-state index in [1.165, 1.54) is 28.4 Å². The van der Waals surface area contributed by atoms with Gasteiger partial charge in [0.1, 0.15) is 5.75 Å². The van der Waals surface area contributed by atoms with Crippen molar-refractivity contribution in [2.45, 2.75) is 13.5 Å². The maximum atomic E-state index is 12.5. The molecule has 0 atom stereocenters.